The fourth-order valence-corrected chi connectivity index (χ4v) is 2.48. The third-order valence-electron chi connectivity index (χ3n) is 3.80. The van der Waals surface area contributed by atoms with Crippen LogP contribution in [0, 0.1) is 5.82 Å². The summed E-state index contributed by atoms with van der Waals surface area (Å²) in [6, 6.07) is 22.6. The second-order valence-corrected chi connectivity index (χ2v) is 5.83. The summed E-state index contributed by atoms with van der Waals surface area (Å²) in [4.78, 5) is 11.2. The molecule has 27 heavy (non-hydrogen) atoms. The summed E-state index contributed by atoms with van der Waals surface area (Å²) < 4.78 is 18.8. The highest BCUT2D eigenvalue weighted by Crippen LogP contribution is 2.22. The predicted molar refractivity (Wildman–Crippen MR) is 103 cm³/mol. The van der Waals surface area contributed by atoms with E-state index < -0.39 is 5.97 Å². The van der Waals surface area contributed by atoms with Crippen LogP contribution < -0.4 is 10.1 Å². The van der Waals surface area contributed by atoms with Gasteiger partial charge in [0.25, 0.3) is 0 Å². The van der Waals surface area contributed by atoms with Crippen molar-refractivity contribution in [2.75, 3.05) is 5.32 Å². The fourth-order valence-electron chi connectivity index (χ4n) is 2.48. The first kappa shape index (κ1) is 18.2. The summed E-state index contributed by atoms with van der Waals surface area (Å²) in [5.74, 6) is -0.757. The molecule has 3 rings (SSSR count). The van der Waals surface area contributed by atoms with Crippen molar-refractivity contribution in [3.8, 4) is 5.75 Å². The normalized spacial score (nSPS) is 11.1. The number of aliphatic carboxylic acids is 1. The van der Waals surface area contributed by atoms with Crippen molar-refractivity contribution in [2.45, 2.75) is 6.61 Å². The van der Waals surface area contributed by atoms with Crippen LogP contribution in [0.25, 0.3) is 5.70 Å². The van der Waals surface area contributed by atoms with Crippen LogP contribution in [-0.2, 0) is 11.4 Å². The quantitative estimate of drug-likeness (QED) is 0.584. The number of halogens is 1. The molecule has 2 N–H and O–H groups in total. The highest BCUT2D eigenvalue weighted by molar-refractivity contribution is 5.93. The zero-order valence-corrected chi connectivity index (χ0v) is 14.4. The Bertz CT molecular complexity index is 920. The van der Waals surface area contributed by atoms with Crippen molar-refractivity contribution in [1.29, 1.82) is 0 Å². The molecule has 0 spiro atoms. The topological polar surface area (TPSA) is 58.6 Å². The van der Waals surface area contributed by atoms with Crippen molar-refractivity contribution in [2.24, 2.45) is 0 Å². The number of anilines is 1. The van der Waals surface area contributed by atoms with Crippen LogP contribution in [0.3, 0.4) is 0 Å². The number of carbonyl (C=O) groups is 1. The number of carboxylic acids is 1. The molecular formula is C22H18FNO3. The van der Waals surface area contributed by atoms with Crippen molar-refractivity contribution in [1.82, 2.24) is 0 Å². The van der Waals surface area contributed by atoms with Crippen LogP contribution >= 0.6 is 0 Å². The standard InChI is InChI=1S/C22H18FNO3/c23-18-8-10-19(11-9-18)24-21(14-22(25)26)17-6-12-20(13-7-17)27-15-16-4-2-1-3-5-16/h1-14,24H,15H2,(H,25,26). The van der Waals surface area contributed by atoms with Gasteiger partial charge in [0.2, 0.25) is 0 Å². The maximum atomic E-state index is 13.0. The van der Waals surface area contributed by atoms with E-state index in [-0.39, 0.29) is 5.82 Å². The first-order valence-electron chi connectivity index (χ1n) is 8.34. The number of hydrogen-bond donors (Lipinski definition) is 2. The molecule has 0 fully saturated rings. The van der Waals surface area contributed by atoms with E-state index in [9.17, 15) is 9.18 Å². The lowest BCUT2D eigenvalue weighted by Gasteiger charge is -2.12. The lowest BCUT2D eigenvalue weighted by Crippen LogP contribution is -2.03. The molecule has 136 valence electrons. The average Bonchev–Trinajstić information content (AvgIpc) is 2.68. The van der Waals surface area contributed by atoms with Gasteiger partial charge in [0, 0.05) is 11.8 Å². The number of benzene rings is 3. The summed E-state index contributed by atoms with van der Waals surface area (Å²) >= 11 is 0. The first-order valence-corrected chi connectivity index (χ1v) is 8.34. The van der Waals surface area contributed by atoms with E-state index in [0.717, 1.165) is 11.6 Å². The van der Waals surface area contributed by atoms with Crippen LogP contribution in [0.15, 0.2) is 84.9 Å². The van der Waals surface area contributed by atoms with Gasteiger partial charge in [-0.15, -0.1) is 0 Å². The van der Waals surface area contributed by atoms with Crippen molar-refractivity contribution in [3.05, 3.63) is 102 Å². The van der Waals surface area contributed by atoms with Gasteiger partial charge in [-0.1, -0.05) is 30.3 Å². The van der Waals surface area contributed by atoms with Crippen LogP contribution in [0.4, 0.5) is 10.1 Å². The highest BCUT2D eigenvalue weighted by Gasteiger charge is 2.06. The molecule has 5 heteroatoms. The Morgan fingerprint density at radius 1 is 0.963 bits per heavy atom. The number of rotatable bonds is 7. The van der Waals surface area contributed by atoms with Gasteiger partial charge in [-0.25, -0.2) is 9.18 Å². The molecule has 0 heterocycles. The van der Waals surface area contributed by atoms with E-state index in [1.165, 1.54) is 12.1 Å². The third-order valence-corrected chi connectivity index (χ3v) is 3.80. The molecule has 0 aliphatic rings. The van der Waals surface area contributed by atoms with Crippen LogP contribution in [0.5, 0.6) is 5.75 Å². The van der Waals surface area contributed by atoms with Gasteiger partial charge in [0.1, 0.15) is 18.2 Å². The largest absolute Gasteiger partial charge is 0.489 e. The molecule has 0 radical (unpaired) electrons. The summed E-state index contributed by atoms with van der Waals surface area (Å²) in [6.45, 7) is 0.450. The molecular weight excluding hydrogens is 345 g/mol. The monoisotopic (exact) mass is 363 g/mol. The fraction of sp³-hybridized carbons (Fsp3) is 0.0455. The highest BCUT2D eigenvalue weighted by atomic mass is 19.1. The van der Waals surface area contributed by atoms with Gasteiger partial charge in [0.15, 0.2) is 0 Å². The Hall–Kier alpha value is -3.60. The van der Waals surface area contributed by atoms with Crippen molar-refractivity contribution < 1.29 is 19.0 Å². The number of carboxylic acid groups (broad SMARTS) is 1. The molecule has 0 bridgehead atoms. The zero-order valence-electron chi connectivity index (χ0n) is 14.4. The van der Waals surface area contributed by atoms with E-state index in [1.807, 2.05) is 30.3 Å². The Balaban J connectivity index is 1.73. The van der Waals surface area contributed by atoms with E-state index in [2.05, 4.69) is 5.32 Å². The van der Waals surface area contributed by atoms with Crippen molar-refractivity contribution >= 4 is 17.4 Å². The lowest BCUT2D eigenvalue weighted by molar-refractivity contribution is -0.131. The minimum absolute atomic E-state index is 0.357. The molecule has 0 saturated carbocycles. The number of nitrogens with one attached hydrogen (secondary N) is 1. The van der Waals surface area contributed by atoms with Gasteiger partial charge < -0.3 is 15.2 Å². The van der Waals surface area contributed by atoms with Gasteiger partial charge in [-0.05, 0) is 59.7 Å². The molecule has 0 atom stereocenters. The molecule has 0 amide bonds. The third kappa shape index (κ3) is 5.44. The molecule has 0 unspecified atom stereocenters. The van der Waals surface area contributed by atoms with E-state index in [1.54, 1.807) is 36.4 Å². The van der Waals surface area contributed by atoms with Crippen LogP contribution in [0.1, 0.15) is 11.1 Å². The van der Waals surface area contributed by atoms with Gasteiger partial charge in [-0.2, -0.15) is 0 Å². The summed E-state index contributed by atoms with van der Waals surface area (Å²) in [6.07, 6.45) is 1.07. The van der Waals surface area contributed by atoms with E-state index in [0.29, 0.717) is 29.3 Å². The molecule has 0 aliphatic heterocycles. The van der Waals surface area contributed by atoms with Gasteiger partial charge in [-0.3, -0.25) is 0 Å². The Kier molecular flexibility index (Phi) is 5.84. The Morgan fingerprint density at radius 3 is 2.26 bits per heavy atom. The molecule has 4 nitrogen and oxygen atoms in total. The van der Waals surface area contributed by atoms with Crippen molar-refractivity contribution in [3.63, 3.8) is 0 Å². The van der Waals surface area contributed by atoms with Crippen LogP contribution in [-0.4, -0.2) is 11.1 Å². The lowest BCUT2D eigenvalue weighted by atomic mass is 10.1. The smallest absolute Gasteiger partial charge is 0.330 e. The number of ether oxygens (including phenoxy) is 1. The van der Waals surface area contributed by atoms with Crippen LogP contribution in [0.2, 0.25) is 0 Å². The summed E-state index contributed by atoms with van der Waals surface area (Å²) in [5, 5.41) is 12.1. The van der Waals surface area contributed by atoms with E-state index in [4.69, 9.17) is 9.84 Å². The zero-order chi connectivity index (χ0) is 19.1. The second-order valence-electron chi connectivity index (χ2n) is 5.83. The summed E-state index contributed by atoms with van der Waals surface area (Å²) in [7, 11) is 0. The number of hydrogen-bond acceptors (Lipinski definition) is 3. The Labute approximate surface area is 156 Å². The summed E-state index contributed by atoms with van der Waals surface area (Å²) in [5.41, 5.74) is 2.72. The maximum Gasteiger partial charge on any atom is 0.330 e. The average molecular weight is 363 g/mol. The molecule has 3 aromatic rings. The van der Waals surface area contributed by atoms with E-state index >= 15 is 0 Å². The second kappa shape index (κ2) is 8.67. The molecule has 3 aromatic carbocycles. The minimum Gasteiger partial charge on any atom is -0.489 e. The maximum absolute atomic E-state index is 13.0. The van der Waals surface area contributed by atoms with Gasteiger partial charge in [0.05, 0.1) is 5.70 Å². The minimum atomic E-state index is -1.08. The first-order chi connectivity index (χ1) is 13.1. The molecule has 0 aromatic heterocycles. The SMILES string of the molecule is O=C(O)C=C(Nc1ccc(F)cc1)c1ccc(OCc2ccccc2)cc1. The predicted octanol–water partition coefficient (Wildman–Crippen LogP) is 4.94. The molecule has 0 saturated heterocycles. The van der Waals surface area contributed by atoms with Gasteiger partial charge >= 0.3 is 5.97 Å². The molecule has 0 aliphatic carbocycles. The Morgan fingerprint density at radius 2 is 1.63 bits per heavy atom.